The number of aliphatic hydroxyl groups is 1. The Morgan fingerprint density at radius 1 is 1.17 bits per heavy atom. The van der Waals surface area contributed by atoms with Crippen molar-refractivity contribution in [3.05, 3.63) is 46.7 Å². The molecule has 0 radical (unpaired) electrons. The van der Waals surface area contributed by atoms with Crippen LogP contribution in [0.3, 0.4) is 0 Å². The lowest BCUT2D eigenvalue weighted by atomic mass is 9.94. The third-order valence-corrected chi connectivity index (χ3v) is 5.42. The summed E-state index contributed by atoms with van der Waals surface area (Å²) in [5.74, 6) is 0.188. The van der Waals surface area contributed by atoms with E-state index in [1.54, 1.807) is 6.07 Å². The van der Waals surface area contributed by atoms with Crippen molar-refractivity contribution >= 4 is 11.6 Å². The fourth-order valence-corrected chi connectivity index (χ4v) is 3.66. The molecule has 2 N–H and O–H groups in total. The molecule has 11 nitrogen and oxygen atoms in total. The van der Waals surface area contributed by atoms with E-state index in [-0.39, 0.29) is 48.4 Å². The minimum absolute atomic E-state index is 0.00723. The molecule has 4 rings (SSSR count). The molecule has 0 fully saturated rings. The van der Waals surface area contributed by atoms with Gasteiger partial charge in [-0.3, -0.25) is 4.79 Å². The number of fused-ring (bicyclic) bond motifs is 1. The predicted octanol–water partition coefficient (Wildman–Crippen LogP) is 3.58. The van der Waals surface area contributed by atoms with Crippen molar-refractivity contribution in [3.63, 3.8) is 0 Å². The Kier molecular flexibility index (Phi) is 6.81. The third kappa shape index (κ3) is 5.00. The molecule has 1 aliphatic heterocycles. The van der Waals surface area contributed by atoms with E-state index < -0.39 is 11.5 Å². The highest BCUT2D eigenvalue weighted by atomic mass is 16.6. The van der Waals surface area contributed by atoms with Crippen LogP contribution < -0.4 is 24.3 Å². The second-order valence-electron chi connectivity index (χ2n) is 8.22. The highest BCUT2D eigenvalue weighted by Gasteiger charge is 2.32. The second kappa shape index (κ2) is 9.80. The zero-order valence-corrected chi connectivity index (χ0v) is 20.1. The minimum atomic E-state index is -0.593. The number of hydrogen-bond acceptors (Lipinski definition) is 10. The molecule has 0 unspecified atom stereocenters. The number of nitrogens with zero attached hydrogens (tertiary/aromatic N) is 2. The molecule has 3 heterocycles. The fraction of sp³-hybridized carbons (Fsp3) is 0.375. The van der Waals surface area contributed by atoms with Crippen LogP contribution in [0.2, 0.25) is 0 Å². The molecule has 11 heteroatoms. The molecule has 1 aliphatic rings. The van der Waals surface area contributed by atoms with Crippen LogP contribution in [0.1, 0.15) is 41.1 Å². The van der Waals surface area contributed by atoms with E-state index in [0.717, 1.165) is 16.7 Å². The van der Waals surface area contributed by atoms with Crippen molar-refractivity contribution in [1.29, 1.82) is 0 Å². The maximum absolute atomic E-state index is 12.9. The van der Waals surface area contributed by atoms with Gasteiger partial charge in [0.25, 0.3) is 11.9 Å². The maximum atomic E-state index is 12.9. The molecule has 1 aromatic carbocycles. The van der Waals surface area contributed by atoms with E-state index in [0.29, 0.717) is 12.4 Å². The summed E-state index contributed by atoms with van der Waals surface area (Å²) in [6.45, 7) is 6.27. The van der Waals surface area contributed by atoms with E-state index in [1.807, 2.05) is 32.9 Å². The number of anilines is 1. The SMILES string of the molecule is COc1nc(OCCO)nc(OC)c1NC(=O)c1ccc(Oc2cc3c(cc2C)COC3(C)C)o1. The molecule has 0 bridgehead atoms. The van der Waals surface area contributed by atoms with Gasteiger partial charge in [0.05, 0.1) is 33.0 Å². The topological polar surface area (TPSA) is 134 Å². The van der Waals surface area contributed by atoms with Crippen LogP contribution in [0.4, 0.5) is 5.69 Å². The largest absolute Gasteiger partial charge is 0.479 e. The van der Waals surface area contributed by atoms with Crippen LogP contribution in [0.5, 0.6) is 29.5 Å². The smallest absolute Gasteiger partial charge is 0.323 e. The number of aliphatic hydroxyl groups excluding tert-OH is 1. The molecular formula is C24H27N3O8. The highest BCUT2D eigenvalue weighted by Crippen LogP contribution is 2.40. The van der Waals surface area contributed by atoms with E-state index >= 15 is 0 Å². The van der Waals surface area contributed by atoms with Gasteiger partial charge in [0.1, 0.15) is 12.4 Å². The molecule has 0 aliphatic carbocycles. The predicted molar refractivity (Wildman–Crippen MR) is 123 cm³/mol. The summed E-state index contributed by atoms with van der Waals surface area (Å²) in [5.41, 5.74) is 2.77. The summed E-state index contributed by atoms with van der Waals surface area (Å²) >= 11 is 0. The van der Waals surface area contributed by atoms with Gasteiger partial charge in [-0.05, 0) is 55.7 Å². The molecule has 0 spiro atoms. The average Bonchev–Trinajstić information content (AvgIpc) is 3.42. The van der Waals surface area contributed by atoms with Crippen LogP contribution in [0.15, 0.2) is 28.7 Å². The first kappa shape index (κ1) is 24.3. The number of benzene rings is 1. The van der Waals surface area contributed by atoms with Crippen molar-refractivity contribution < 1.29 is 38.0 Å². The van der Waals surface area contributed by atoms with Crippen molar-refractivity contribution in [2.24, 2.45) is 0 Å². The van der Waals surface area contributed by atoms with Crippen LogP contribution in [-0.4, -0.2) is 48.4 Å². The van der Waals surface area contributed by atoms with Gasteiger partial charge in [-0.2, -0.15) is 9.97 Å². The molecule has 3 aromatic rings. The Morgan fingerprint density at radius 3 is 2.54 bits per heavy atom. The number of carbonyl (C=O) groups is 1. The van der Waals surface area contributed by atoms with E-state index in [1.165, 1.54) is 20.3 Å². The third-order valence-electron chi connectivity index (χ3n) is 5.42. The van der Waals surface area contributed by atoms with Gasteiger partial charge in [0.15, 0.2) is 11.4 Å². The van der Waals surface area contributed by atoms with Crippen LogP contribution >= 0.6 is 0 Å². The monoisotopic (exact) mass is 485 g/mol. The Balaban J connectivity index is 1.53. The Labute approximate surface area is 201 Å². The van der Waals surface area contributed by atoms with Gasteiger partial charge in [-0.25, -0.2) is 0 Å². The zero-order chi connectivity index (χ0) is 25.2. The quantitative estimate of drug-likeness (QED) is 0.463. The average molecular weight is 485 g/mol. The summed E-state index contributed by atoms with van der Waals surface area (Å²) in [5, 5.41) is 11.6. The van der Waals surface area contributed by atoms with Crippen LogP contribution in [0.25, 0.3) is 0 Å². The molecule has 2 aromatic heterocycles. The van der Waals surface area contributed by atoms with Crippen LogP contribution in [0, 0.1) is 6.92 Å². The Morgan fingerprint density at radius 2 is 1.89 bits per heavy atom. The summed E-state index contributed by atoms with van der Waals surface area (Å²) in [6, 6.07) is 6.94. The summed E-state index contributed by atoms with van der Waals surface area (Å²) in [6.07, 6.45) is 0. The number of aromatic nitrogens is 2. The fourth-order valence-electron chi connectivity index (χ4n) is 3.66. The number of carbonyl (C=O) groups excluding carboxylic acids is 1. The first-order chi connectivity index (χ1) is 16.7. The molecule has 186 valence electrons. The number of methoxy groups -OCH3 is 2. The first-order valence-corrected chi connectivity index (χ1v) is 10.9. The number of amides is 1. The van der Waals surface area contributed by atoms with E-state index in [2.05, 4.69) is 15.3 Å². The molecular weight excluding hydrogens is 458 g/mol. The van der Waals surface area contributed by atoms with Gasteiger partial charge < -0.3 is 38.5 Å². The molecule has 0 saturated heterocycles. The number of rotatable bonds is 9. The lowest BCUT2D eigenvalue weighted by Gasteiger charge is -2.19. The summed E-state index contributed by atoms with van der Waals surface area (Å²) in [7, 11) is 2.74. The first-order valence-electron chi connectivity index (χ1n) is 10.9. The molecule has 1 amide bonds. The summed E-state index contributed by atoms with van der Waals surface area (Å²) < 4.78 is 33.1. The van der Waals surface area contributed by atoms with Crippen molar-refractivity contribution in [3.8, 4) is 29.5 Å². The molecule has 0 atom stereocenters. The normalized spacial score (nSPS) is 13.8. The number of nitrogens with one attached hydrogen (secondary N) is 1. The second-order valence-corrected chi connectivity index (χ2v) is 8.22. The number of hydrogen-bond donors (Lipinski definition) is 2. The minimum Gasteiger partial charge on any atom is -0.479 e. The van der Waals surface area contributed by atoms with Crippen LogP contribution in [-0.2, 0) is 16.9 Å². The summed E-state index contributed by atoms with van der Waals surface area (Å²) in [4.78, 5) is 21.0. The van der Waals surface area contributed by atoms with Gasteiger partial charge in [0.2, 0.25) is 11.8 Å². The van der Waals surface area contributed by atoms with E-state index in [4.69, 9.17) is 33.2 Å². The molecule has 35 heavy (non-hydrogen) atoms. The maximum Gasteiger partial charge on any atom is 0.323 e. The number of aryl methyl sites for hydroxylation is 1. The standard InChI is InChI=1S/C24H27N3O8/c1-13-10-14-12-33-24(2,3)15(14)11-17(13)35-18-7-6-16(34-18)20(29)25-19-21(30-4)26-23(32-9-8-28)27-22(19)31-5/h6-7,10-11,28H,8-9,12H2,1-5H3,(H,25,29). The Bertz CT molecular complexity index is 1210. The van der Waals surface area contributed by atoms with Gasteiger partial charge in [-0.15, -0.1) is 0 Å². The zero-order valence-electron chi connectivity index (χ0n) is 20.1. The van der Waals surface area contributed by atoms with Gasteiger partial charge in [-0.1, -0.05) is 0 Å². The van der Waals surface area contributed by atoms with Gasteiger partial charge >= 0.3 is 6.01 Å². The van der Waals surface area contributed by atoms with Crippen molar-refractivity contribution in [2.45, 2.75) is 33.0 Å². The Hall–Kier alpha value is -3.83. The van der Waals surface area contributed by atoms with Crippen molar-refractivity contribution in [2.75, 3.05) is 32.8 Å². The lowest BCUT2D eigenvalue weighted by molar-refractivity contribution is -0.00795. The number of furan rings is 1. The lowest BCUT2D eigenvalue weighted by Crippen LogP contribution is -2.15. The van der Waals surface area contributed by atoms with Gasteiger partial charge in [0, 0.05) is 6.07 Å². The number of ether oxygens (including phenoxy) is 5. The molecule has 0 saturated carbocycles. The van der Waals surface area contributed by atoms with E-state index in [9.17, 15) is 4.79 Å². The van der Waals surface area contributed by atoms with Crippen molar-refractivity contribution in [1.82, 2.24) is 9.97 Å². The highest BCUT2D eigenvalue weighted by molar-refractivity contribution is 6.03.